The Kier molecular flexibility index (Phi) is 4.72. The summed E-state index contributed by atoms with van der Waals surface area (Å²) in [5.74, 6) is 0.446. The van der Waals surface area contributed by atoms with Gasteiger partial charge < -0.3 is 9.47 Å². The van der Waals surface area contributed by atoms with Crippen molar-refractivity contribution >= 4 is 22.5 Å². The third-order valence-electron chi connectivity index (χ3n) is 5.09. The van der Waals surface area contributed by atoms with Gasteiger partial charge in [-0.15, -0.1) is 0 Å². The maximum atomic E-state index is 6.62. The van der Waals surface area contributed by atoms with Crippen molar-refractivity contribution in [3.63, 3.8) is 0 Å². The van der Waals surface area contributed by atoms with Crippen LogP contribution in [0, 0.1) is 12.8 Å². The summed E-state index contributed by atoms with van der Waals surface area (Å²) in [5, 5.41) is 1.93. The molecule has 2 fully saturated rings. The van der Waals surface area contributed by atoms with Crippen molar-refractivity contribution in [2.24, 2.45) is 5.92 Å². The van der Waals surface area contributed by atoms with Crippen molar-refractivity contribution in [2.45, 2.75) is 32.6 Å². The molecule has 0 radical (unpaired) electrons. The Labute approximate surface area is 147 Å². The van der Waals surface area contributed by atoms with Gasteiger partial charge in [-0.05, 0) is 37.9 Å². The van der Waals surface area contributed by atoms with Gasteiger partial charge in [-0.3, -0.25) is 4.90 Å². The van der Waals surface area contributed by atoms with Crippen LogP contribution in [0.2, 0.25) is 5.02 Å². The molecule has 1 atom stereocenters. The van der Waals surface area contributed by atoms with Crippen LogP contribution in [0.1, 0.15) is 24.1 Å². The van der Waals surface area contributed by atoms with E-state index in [0.29, 0.717) is 5.92 Å². The first-order chi connectivity index (χ1) is 11.7. The molecule has 2 aliphatic heterocycles. The minimum absolute atomic E-state index is 0.0328. The Morgan fingerprint density at radius 1 is 1.25 bits per heavy atom. The maximum absolute atomic E-state index is 6.62. The van der Waals surface area contributed by atoms with Crippen LogP contribution in [0.25, 0.3) is 10.9 Å². The average Bonchev–Trinajstić information content (AvgIpc) is 3.14. The van der Waals surface area contributed by atoms with Gasteiger partial charge in [0.1, 0.15) is 0 Å². The Morgan fingerprint density at radius 3 is 2.88 bits per heavy atom. The van der Waals surface area contributed by atoms with Gasteiger partial charge in [0.05, 0.1) is 29.4 Å². The Morgan fingerprint density at radius 2 is 2.04 bits per heavy atom. The molecule has 2 saturated heterocycles. The first-order valence-electron chi connectivity index (χ1n) is 8.71. The number of rotatable bonds is 3. The molecule has 4 rings (SSSR count). The highest BCUT2D eigenvalue weighted by Gasteiger charge is 2.31. The number of para-hydroxylation sites is 1. The van der Waals surface area contributed by atoms with Gasteiger partial charge in [0, 0.05) is 24.4 Å². The first kappa shape index (κ1) is 16.3. The lowest BCUT2D eigenvalue weighted by Gasteiger charge is -2.34. The summed E-state index contributed by atoms with van der Waals surface area (Å²) in [6.07, 6.45) is 2.30. The van der Waals surface area contributed by atoms with E-state index >= 15 is 0 Å². The van der Waals surface area contributed by atoms with Crippen molar-refractivity contribution in [3.8, 4) is 0 Å². The van der Waals surface area contributed by atoms with Crippen LogP contribution >= 0.6 is 11.6 Å². The van der Waals surface area contributed by atoms with E-state index in [2.05, 4.69) is 24.0 Å². The van der Waals surface area contributed by atoms with Crippen LogP contribution in [-0.2, 0) is 16.0 Å². The second-order valence-electron chi connectivity index (χ2n) is 6.76. The highest BCUT2D eigenvalue weighted by atomic mass is 35.5. The van der Waals surface area contributed by atoms with Crippen LogP contribution in [-0.4, -0.2) is 42.5 Å². The Balaban J connectivity index is 1.54. The third kappa shape index (κ3) is 3.16. The van der Waals surface area contributed by atoms with E-state index in [1.54, 1.807) is 0 Å². The molecule has 0 amide bonds. The average molecular weight is 347 g/mol. The maximum Gasteiger partial charge on any atom is 0.161 e. The molecule has 5 heteroatoms. The van der Waals surface area contributed by atoms with Gasteiger partial charge in [0.2, 0.25) is 0 Å². The van der Waals surface area contributed by atoms with E-state index in [4.69, 9.17) is 26.1 Å². The minimum atomic E-state index is -0.0328. The molecule has 0 spiro atoms. The highest BCUT2D eigenvalue weighted by Crippen LogP contribution is 2.30. The Bertz CT molecular complexity index is 731. The number of aromatic nitrogens is 1. The van der Waals surface area contributed by atoms with E-state index in [1.807, 2.05) is 12.1 Å². The van der Waals surface area contributed by atoms with E-state index in [9.17, 15) is 0 Å². The molecule has 128 valence electrons. The second kappa shape index (κ2) is 6.96. The number of halogens is 1. The summed E-state index contributed by atoms with van der Waals surface area (Å²) in [4.78, 5) is 7.25. The minimum Gasteiger partial charge on any atom is -0.350 e. The molecule has 3 heterocycles. The molecule has 0 N–H and O–H groups in total. The zero-order chi connectivity index (χ0) is 16.5. The van der Waals surface area contributed by atoms with Gasteiger partial charge in [-0.25, -0.2) is 4.98 Å². The SMILES string of the molecule is Cc1c(Cl)c(CN2CCCC(C3OCCO3)C2)nc2ccccc12. The van der Waals surface area contributed by atoms with Crippen molar-refractivity contribution in [1.29, 1.82) is 0 Å². The fourth-order valence-corrected chi connectivity index (χ4v) is 4.04. The number of benzene rings is 1. The molecule has 1 aromatic carbocycles. The van der Waals surface area contributed by atoms with Crippen molar-refractivity contribution in [1.82, 2.24) is 9.88 Å². The number of aryl methyl sites for hydroxylation is 1. The molecular formula is C19H23ClN2O2. The smallest absolute Gasteiger partial charge is 0.161 e. The number of hydrogen-bond acceptors (Lipinski definition) is 4. The number of fused-ring (bicyclic) bond motifs is 1. The third-order valence-corrected chi connectivity index (χ3v) is 5.60. The molecular weight excluding hydrogens is 324 g/mol. The zero-order valence-electron chi connectivity index (χ0n) is 14.0. The standard InChI is InChI=1S/C19H23ClN2O2/c1-13-15-6-2-3-7-16(15)21-17(18(13)20)12-22-8-4-5-14(11-22)19-23-9-10-24-19/h2-3,6-7,14,19H,4-5,8-12H2,1H3. The monoisotopic (exact) mass is 346 g/mol. The fourth-order valence-electron chi connectivity index (χ4n) is 3.84. The predicted molar refractivity (Wildman–Crippen MR) is 95.2 cm³/mol. The highest BCUT2D eigenvalue weighted by molar-refractivity contribution is 6.32. The van der Waals surface area contributed by atoms with Crippen molar-refractivity contribution in [3.05, 3.63) is 40.5 Å². The molecule has 0 aliphatic carbocycles. The molecule has 2 aromatic rings. The summed E-state index contributed by atoms with van der Waals surface area (Å²) < 4.78 is 11.4. The molecule has 1 aromatic heterocycles. The lowest BCUT2D eigenvalue weighted by atomic mass is 9.97. The molecule has 2 aliphatic rings. The van der Waals surface area contributed by atoms with Crippen LogP contribution in [0.15, 0.2) is 24.3 Å². The Hall–Kier alpha value is -1.20. The molecule has 0 saturated carbocycles. The number of hydrogen-bond donors (Lipinski definition) is 0. The van der Waals surface area contributed by atoms with E-state index in [1.165, 1.54) is 6.42 Å². The largest absolute Gasteiger partial charge is 0.350 e. The summed E-state index contributed by atoms with van der Waals surface area (Å²) in [5.41, 5.74) is 3.11. The second-order valence-corrected chi connectivity index (χ2v) is 7.14. The predicted octanol–water partition coefficient (Wildman–Crippen LogP) is 3.78. The number of nitrogens with zero attached hydrogens (tertiary/aromatic N) is 2. The van der Waals surface area contributed by atoms with E-state index < -0.39 is 0 Å². The van der Waals surface area contributed by atoms with Gasteiger partial charge in [0.25, 0.3) is 0 Å². The van der Waals surface area contributed by atoms with Gasteiger partial charge in [0.15, 0.2) is 6.29 Å². The summed E-state index contributed by atoms with van der Waals surface area (Å²) in [6, 6.07) is 8.20. The van der Waals surface area contributed by atoms with Crippen LogP contribution in [0.5, 0.6) is 0 Å². The van der Waals surface area contributed by atoms with Gasteiger partial charge >= 0.3 is 0 Å². The fraction of sp³-hybridized carbons (Fsp3) is 0.526. The molecule has 0 bridgehead atoms. The summed E-state index contributed by atoms with van der Waals surface area (Å²) in [6.45, 7) is 6.36. The van der Waals surface area contributed by atoms with E-state index in [0.717, 1.165) is 66.5 Å². The van der Waals surface area contributed by atoms with Crippen molar-refractivity contribution in [2.75, 3.05) is 26.3 Å². The normalized spacial score (nSPS) is 23.2. The van der Waals surface area contributed by atoms with E-state index in [-0.39, 0.29) is 6.29 Å². The summed E-state index contributed by atoms with van der Waals surface area (Å²) in [7, 11) is 0. The molecule has 24 heavy (non-hydrogen) atoms. The summed E-state index contributed by atoms with van der Waals surface area (Å²) >= 11 is 6.62. The zero-order valence-corrected chi connectivity index (χ0v) is 14.8. The molecule has 4 nitrogen and oxygen atoms in total. The van der Waals surface area contributed by atoms with Crippen LogP contribution in [0.3, 0.4) is 0 Å². The number of likely N-dealkylation sites (tertiary alicyclic amines) is 1. The van der Waals surface area contributed by atoms with Crippen LogP contribution in [0.4, 0.5) is 0 Å². The topological polar surface area (TPSA) is 34.6 Å². The number of piperidine rings is 1. The number of ether oxygens (including phenoxy) is 2. The van der Waals surface area contributed by atoms with Gasteiger partial charge in [-0.1, -0.05) is 29.8 Å². The quantitative estimate of drug-likeness (QED) is 0.847. The molecule has 1 unspecified atom stereocenters. The number of pyridine rings is 1. The lowest BCUT2D eigenvalue weighted by Crippen LogP contribution is -2.40. The van der Waals surface area contributed by atoms with Crippen LogP contribution < -0.4 is 0 Å². The first-order valence-corrected chi connectivity index (χ1v) is 9.09. The van der Waals surface area contributed by atoms with Gasteiger partial charge in [-0.2, -0.15) is 0 Å². The van der Waals surface area contributed by atoms with Crippen molar-refractivity contribution < 1.29 is 9.47 Å². The lowest BCUT2D eigenvalue weighted by molar-refractivity contribution is -0.101.